The molecule has 200 valence electrons. The molecule has 38 heavy (non-hydrogen) atoms. The van der Waals surface area contributed by atoms with Gasteiger partial charge in [-0.15, -0.1) is 0 Å². The first-order valence-corrected chi connectivity index (χ1v) is 11.4. The second kappa shape index (κ2) is 11.4. The number of allylic oxidation sites excluding steroid dienone is 4. The smallest absolute Gasteiger partial charge is 0.338 e. The molecule has 0 atom stereocenters. The Morgan fingerprint density at radius 1 is 0.500 bits per heavy atom. The van der Waals surface area contributed by atoms with Crippen LogP contribution in [-0.4, -0.2) is 52.3 Å². The van der Waals surface area contributed by atoms with Crippen molar-refractivity contribution in [3.63, 3.8) is 0 Å². The molecule has 0 fully saturated rings. The van der Waals surface area contributed by atoms with E-state index in [4.69, 9.17) is 28.4 Å². The molecule has 0 saturated heterocycles. The van der Waals surface area contributed by atoms with Crippen molar-refractivity contribution < 1.29 is 47.6 Å². The first kappa shape index (κ1) is 28.2. The summed E-state index contributed by atoms with van der Waals surface area (Å²) in [5, 5.41) is 0. The number of hydrogen-bond acceptors (Lipinski definition) is 10. The van der Waals surface area contributed by atoms with E-state index >= 15 is 0 Å². The summed E-state index contributed by atoms with van der Waals surface area (Å²) in [6.45, 7) is 6.23. The lowest BCUT2D eigenvalue weighted by molar-refractivity contribution is -0.138. The van der Waals surface area contributed by atoms with Crippen LogP contribution >= 0.6 is 0 Å². The lowest BCUT2D eigenvalue weighted by Crippen LogP contribution is -2.31. The summed E-state index contributed by atoms with van der Waals surface area (Å²) in [5.41, 5.74) is 0.517. The summed E-state index contributed by atoms with van der Waals surface area (Å²) in [5.74, 6) is -2.04. The number of esters is 4. The van der Waals surface area contributed by atoms with E-state index in [1.54, 1.807) is 52.0 Å². The number of methoxy groups -OCH3 is 4. The first-order valence-electron chi connectivity index (χ1n) is 11.4. The summed E-state index contributed by atoms with van der Waals surface area (Å²) < 4.78 is 31.5. The first-order chi connectivity index (χ1) is 18.0. The molecule has 0 unspecified atom stereocenters. The third-order valence-corrected chi connectivity index (χ3v) is 6.04. The highest BCUT2D eigenvalue weighted by Gasteiger charge is 2.45. The maximum Gasteiger partial charge on any atom is 0.338 e. The van der Waals surface area contributed by atoms with Gasteiger partial charge in [0.1, 0.15) is 23.0 Å². The second-order valence-corrected chi connectivity index (χ2v) is 8.19. The van der Waals surface area contributed by atoms with Crippen molar-refractivity contribution in [2.45, 2.75) is 27.7 Å². The zero-order chi connectivity index (χ0) is 28.3. The fourth-order valence-electron chi connectivity index (χ4n) is 4.47. The number of rotatable bonds is 6. The molecule has 10 heteroatoms. The summed E-state index contributed by atoms with van der Waals surface area (Å²) >= 11 is 0. The number of carbonyl (C=O) groups excluding carboxylic acids is 4. The minimum Gasteiger partial charge on any atom is -0.466 e. The Morgan fingerprint density at radius 2 is 0.737 bits per heavy atom. The maximum absolute atomic E-state index is 13.0. The Hall–Kier alpha value is -4.34. The summed E-state index contributed by atoms with van der Waals surface area (Å²) in [6, 6.07) is 6.63. The van der Waals surface area contributed by atoms with E-state index in [1.165, 1.54) is 28.4 Å². The molecule has 2 radical (unpaired) electrons. The largest absolute Gasteiger partial charge is 0.466 e. The van der Waals surface area contributed by atoms with Gasteiger partial charge >= 0.3 is 23.9 Å². The molecule has 0 spiro atoms. The van der Waals surface area contributed by atoms with Gasteiger partial charge in [0.2, 0.25) is 0 Å². The fourth-order valence-corrected chi connectivity index (χ4v) is 4.47. The number of benzene rings is 1. The maximum atomic E-state index is 13.0. The Morgan fingerprint density at radius 3 is 0.947 bits per heavy atom. The molecular formula is C28H28O10. The van der Waals surface area contributed by atoms with Crippen LogP contribution in [0.2, 0.25) is 0 Å². The highest BCUT2D eigenvalue weighted by Crippen LogP contribution is 2.47. The molecule has 0 amide bonds. The molecule has 2 aliphatic rings. The average Bonchev–Trinajstić information content (AvgIpc) is 2.90. The number of ether oxygens (including phenoxy) is 6. The van der Waals surface area contributed by atoms with Crippen LogP contribution in [-0.2, 0) is 47.6 Å². The Bertz CT molecular complexity index is 1150. The standard InChI is InChI=1S/C28H28O10/c1-13-19(25(29)33-5)23(20(14(2)37-13)26(30)34-6)17-11-9-10-12-18(17)24-21(27(31)35-7)15(3)38-16(4)22(24)28(32)36-8/h9-12H,1-8H3. The molecule has 2 aliphatic heterocycles. The predicted octanol–water partition coefficient (Wildman–Crippen LogP) is 3.38. The van der Waals surface area contributed by atoms with Crippen LogP contribution in [0.1, 0.15) is 38.8 Å². The van der Waals surface area contributed by atoms with Gasteiger partial charge in [0.05, 0.1) is 62.6 Å². The number of hydrogen-bond donors (Lipinski definition) is 0. The van der Waals surface area contributed by atoms with E-state index in [9.17, 15) is 19.2 Å². The monoisotopic (exact) mass is 524 g/mol. The summed E-state index contributed by atoms with van der Waals surface area (Å²) in [7, 11) is 4.80. The van der Waals surface area contributed by atoms with Crippen LogP contribution in [0.3, 0.4) is 0 Å². The van der Waals surface area contributed by atoms with Crippen molar-refractivity contribution in [2.24, 2.45) is 0 Å². The quantitative estimate of drug-likeness (QED) is 0.404. The minimum atomic E-state index is -0.766. The van der Waals surface area contributed by atoms with Gasteiger partial charge in [0.15, 0.2) is 0 Å². The van der Waals surface area contributed by atoms with Crippen LogP contribution in [0.25, 0.3) is 0 Å². The Balaban J connectivity index is 2.45. The Labute approximate surface area is 220 Å². The van der Waals surface area contributed by atoms with Crippen molar-refractivity contribution in [2.75, 3.05) is 28.4 Å². The topological polar surface area (TPSA) is 124 Å². The van der Waals surface area contributed by atoms with E-state index in [-0.39, 0.29) is 57.2 Å². The molecule has 2 heterocycles. The predicted molar refractivity (Wildman–Crippen MR) is 132 cm³/mol. The van der Waals surface area contributed by atoms with Gasteiger partial charge in [-0.1, -0.05) is 24.3 Å². The summed E-state index contributed by atoms with van der Waals surface area (Å²) in [4.78, 5) is 52.0. The van der Waals surface area contributed by atoms with Gasteiger partial charge in [-0.05, 0) is 38.8 Å². The lowest BCUT2D eigenvalue weighted by atomic mass is 9.73. The summed E-state index contributed by atoms with van der Waals surface area (Å²) in [6.07, 6.45) is 0. The second-order valence-electron chi connectivity index (χ2n) is 8.19. The SMILES string of the molecule is COC(=O)C1=C(C)OC(C)=C(C(=O)OC)[C]1c1ccccc1[C]1C(C(=O)OC)=C(C)OC(C)=C1C(=O)OC. The molecule has 0 aromatic heterocycles. The minimum absolute atomic E-state index is 0.0285. The van der Waals surface area contributed by atoms with E-state index in [0.29, 0.717) is 11.1 Å². The van der Waals surface area contributed by atoms with E-state index in [2.05, 4.69) is 0 Å². The van der Waals surface area contributed by atoms with Crippen molar-refractivity contribution in [3.8, 4) is 0 Å². The molecule has 0 saturated carbocycles. The normalized spacial score (nSPS) is 16.6. The van der Waals surface area contributed by atoms with Gasteiger partial charge in [0.25, 0.3) is 0 Å². The fraction of sp³-hybridized carbons (Fsp3) is 0.286. The van der Waals surface area contributed by atoms with Crippen LogP contribution in [0.5, 0.6) is 0 Å². The molecule has 0 aliphatic carbocycles. The van der Waals surface area contributed by atoms with Crippen molar-refractivity contribution >= 4 is 23.9 Å². The third kappa shape index (κ3) is 4.81. The molecule has 10 nitrogen and oxygen atoms in total. The van der Waals surface area contributed by atoms with Gasteiger partial charge < -0.3 is 28.4 Å². The van der Waals surface area contributed by atoms with Crippen molar-refractivity contribution in [1.29, 1.82) is 0 Å². The Kier molecular flexibility index (Phi) is 8.45. The highest BCUT2D eigenvalue weighted by molar-refractivity contribution is 6.07. The average molecular weight is 525 g/mol. The molecule has 3 rings (SSSR count). The van der Waals surface area contributed by atoms with Crippen LogP contribution in [0, 0.1) is 11.8 Å². The van der Waals surface area contributed by atoms with Crippen molar-refractivity contribution in [3.05, 3.63) is 92.6 Å². The van der Waals surface area contributed by atoms with Crippen molar-refractivity contribution in [1.82, 2.24) is 0 Å². The van der Waals surface area contributed by atoms with E-state index in [0.717, 1.165) is 0 Å². The third-order valence-electron chi connectivity index (χ3n) is 6.04. The zero-order valence-electron chi connectivity index (χ0n) is 22.4. The molecule has 0 N–H and O–H groups in total. The number of carbonyl (C=O) groups is 4. The molecular weight excluding hydrogens is 496 g/mol. The van der Waals surface area contributed by atoms with Gasteiger partial charge in [-0.2, -0.15) is 0 Å². The van der Waals surface area contributed by atoms with Gasteiger partial charge in [0, 0.05) is 0 Å². The highest BCUT2D eigenvalue weighted by atomic mass is 16.5. The van der Waals surface area contributed by atoms with Crippen LogP contribution in [0.4, 0.5) is 0 Å². The van der Waals surface area contributed by atoms with E-state index < -0.39 is 23.9 Å². The van der Waals surface area contributed by atoms with Crippen LogP contribution < -0.4 is 0 Å². The lowest BCUT2D eigenvalue weighted by Gasteiger charge is -2.33. The van der Waals surface area contributed by atoms with E-state index in [1.807, 2.05) is 0 Å². The van der Waals surface area contributed by atoms with Gasteiger partial charge in [-0.3, -0.25) is 0 Å². The molecule has 0 bridgehead atoms. The molecule has 1 aromatic rings. The van der Waals surface area contributed by atoms with Gasteiger partial charge in [-0.25, -0.2) is 19.2 Å². The zero-order valence-corrected chi connectivity index (χ0v) is 22.4. The van der Waals surface area contributed by atoms with Crippen LogP contribution in [0.15, 0.2) is 69.6 Å². The molecule has 1 aromatic carbocycles.